The first-order valence-electron chi connectivity index (χ1n) is 9.11. The van der Waals surface area contributed by atoms with Crippen LogP contribution in [0.15, 0.2) is 42.5 Å². The van der Waals surface area contributed by atoms with Crippen molar-refractivity contribution in [2.75, 3.05) is 17.6 Å². The molecule has 0 spiro atoms. The van der Waals surface area contributed by atoms with Gasteiger partial charge >= 0.3 is 16.1 Å². The maximum atomic E-state index is 12.8. The third-order valence-corrected chi connectivity index (χ3v) is 5.81. The Morgan fingerprint density at radius 3 is 2.31 bits per heavy atom. The van der Waals surface area contributed by atoms with E-state index in [-0.39, 0.29) is 23.5 Å². The lowest BCUT2D eigenvalue weighted by Gasteiger charge is -2.25. The second-order valence-corrected chi connectivity index (χ2v) is 9.58. The number of nitrogens with one attached hydrogen (secondary N) is 1. The Balaban J connectivity index is 2.11. The Morgan fingerprint density at radius 1 is 1.10 bits per heavy atom. The number of hydrogen-bond donors (Lipinski definition) is 1. The fourth-order valence-corrected chi connectivity index (χ4v) is 3.33. The number of halogens is 2. The Morgan fingerprint density at radius 2 is 1.76 bits per heavy atom. The predicted octanol–water partition coefficient (Wildman–Crippen LogP) is 5.41. The molecule has 0 unspecified atom stereocenters. The van der Waals surface area contributed by atoms with Gasteiger partial charge < -0.3 is 14.4 Å². The lowest BCUT2D eigenvalue weighted by molar-refractivity contribution is 0.201. The summed E-state index contributed by atoms with van der Waals surface area (Å²) in [5.41, 5.74) is 1.39. The second-order valence-electron chi connectivity index (χ2n) is 6.91. The predicted molar refractivity (Wildman–Crippen MR) is 117 cm³/mol. The third kappa shape index (κ3) is 7.42. The molecule has 2 amide bonds. The third-order valence-electron chi connectivity index (χ3n) is 3.92. The lowest BCUT2D eigenvalue weighted by Crippen LogP contribution is -2.37. The van der Waals surface area contributed by atoms with Crippen molar-refractivity contribution in [1.82, 2.24) is 4.90 Å². The summed E-state index contributed by atoms with van der Waals surface area (Å²) in [7, 11) is -3.57. The van der Waals surface area contributed by atoms with Crippen molar-refractivity contribution < 1.29 is 17.4 Å². The zero-order valence-corrected chi connectivity index (χ0v) is 18.8. The van der Waals surface area contributed by atoms with Crippen molar-refractivity contribution in [3.05, 3.63) is 58.1 Å². The van der Waals surface area contributed by atoms with Crippen LogP contribution in [-0.2, 0) is 16.7 Å². The van der Waals surface area contributed by atoms with E-state index in [0.717, 1.165) is 5.56 Å². The maximum Gasteiger partial charge on any atom is 0.322 e. The van der Waals surface area contributed by atoms with Crippen LogP contribution in [0.1, 0.15) is 26.3 Å². The summed E-state index contributed by atoms with van der Waals surface area (Å²) in [6.45, 7) is 6.44. The first kappa shape index (κ1) is 23.3. The zero-order valence-electron chi connectivity index (χ0n) is 16.5. The van der Waals surface area contributed by atoms with Crippen molar-refractivity contribution >= 4 is 45.0 Å². The van der Waals surface area contributed by atoms with Gasteiger partial charge in [-0.05, 0) is 48.7 Å². The first-order chi connectivity index (χ1) is 13.6. The summed E-state index contributed by atoms with van der Waals surface area (Å²) in [4.78, 5) is 14.4. The molecule has 0 radical (unpaired) electrons. The van der Waals surface area contributed by atoms with Gasteiger partial charge in [-0.15, -0.1) is 0 Å². The summed E-state index contributed by atoms with van der Waals surface area (Å²) in [5, 5.41) is 3.60. The molecule has 0 aliphatic heterocycles. The van der Waals surface area contributed by atoms with Crippen LogP contribution in [0.4, 0.5) is 10.5 Å². The second kappa shape index (κ2) is 10.2. The van der Waals surface area contributed by atoms with Crippen molar-refractivity contribution in [2.45, 2.75) is 27.3 Å². The van der Waals surface area contributed by atoms with E-state index < -0.39 is 10.1 Å². The summed E-state index contributed by atoms with van der Waals surface area (Å²) in [6, 6.07) is 11.2. The van der Waals surface area contributed by atoms with E-state index in [1.807, 2.05) is 13.8 Å². The molecule has 9 heteroatoms. The SMILES string of the molecule is CCS(=O)(=O)Oc1ccc(CN(CC(C)C)C(=O)Nc2ccc(Cl)c(Cl)c2)cc1. The van der Waals surface area contributed by atoms with E-state index in [0.29, 0.717) is 28.8 Å². The van der Waals surface area contributed by atoms with Gasteiger partial charge in [-0.3, -0.25) is 0 Å². The standard InChI is InChI=1S/C20H24Cl2N2O4S/c1-4-29(26,27)28-17-8-5-15(6-9-17)13-24(12-14(2)3)20(25)23-16-7-10-18(21)19(22)11-16/h5-11,14H,4,12-13H2,1-3H3,(H,23,25). The van der Waals surface area contributed by atoms with Crippen molar-refractivity contribution in [1.29, 1.82) is 0 Å². The molecule has 2 rings (SSSR count). The minimum Gasteiger partial charge on any atom is -0.382 e. The van der Waals surface area contributed by atoms with Gasteiger partial charge in [-0.2, -0.15) is 8.42 Å². The molecule has 0 heterocycles. The smallest absolute Gasteiger partial charge is 0.322 e. The Hall–Kier alpha value is -1.96. The molecule has 0 aliphatic carbocycles. The van der Waals surface area contributed by atoms with E-state index in [1.54, 1.807) is 47.4 Å². The first-order valence-corrected chi connectivity index (χ1v) is 11.4. The molecule has 2 aromatic rings. The number of nitrogens with zero attached hydrogens (tertiary/aromatic N) is 1. The molecule has 0 aromatic heterocycles. The molecule has 0 saturated heterocycles. The molecule has 0 atom stereocenters. The molecule has 0 fully saturated rings. The Labute approximate surface area is 181 Å². The normalized spacial score (nSPS) is 11.4. The number of anilines is 1. The topological polar surface area (TPSA) is 75.7 Å². The largest absolute Gasteiger partial charge is 0.382 e. The van der Waals surface area contributed by atoms with Gasteiger partial charge in [-0.1, -0.05) is 49.2 Å². The van der Waals surface area contributed by atoms with Crippen LogP contribution in [-0.4, -0.2) is 31.6 Å². The summed E-state index contributed by atoms with van der Waals surface area (Å²) >= 11 is 11.9. The summed E-state index contributed by atoms with van der Waals surface area (Å²) in [6.07, 6.45) is 0. The Kier molecular flexibility index (Phi) is 8.19. The molecule has 2 aromatic carbocycles. The molecule has 0 aliphatic rings. The molecule has 158 valence electrons. The molecule has 0 saturated carbocycles. The summed E-state index contributed by atoms with van der Waals surface area (Å²) < 4.78 is 28.1. The highest BCUT2D eigenvalue weighted by Gasteiger charge is 2.17. The van der Waals surface area contributed by atoms with Crippen molar-refractivity contribution in [3.63, 3.8) is 0 Å². The van der Waals surface area contributed by atoms with Crippen LogP contribution < -0.4 is 9.50 Å². The highest BCUT2D eigenvalue weighted by atomic mass is 35.5. The Bertz CT molecular complexity index is 947. The number of amides is 2. The van der Waals surface area contributed by atoms with Gasteiger partial charge in [0.2, 0.25) is 0 Å². The zero-order chi connectivity index (χ0) is 21.6. The van der Waals surface area contributed by atoms with Crippen LogP contribution in [0.3, 0.4) is 0 Å². The molecular formula is C20H24Cl2N2O4S. The average molecular weight is 459 g/mol. The van der Waals surface area contributed by atoms with Crippen LogP contribution in [0.2, 0.25) is 10.0 Å². The monoisotopic (exact) mass is 458 g/mol. The van der Waals surface area contributed by atoms with E-state index in [4.69, 9.17) is 27.4 Å². The average Bonchev–Trinajstić information content (AvgIpc) is 2.65. The van der Waals surface area contributed by atoms with Crippen LogP contribution >= 0.6 is 23.2 Å². The molecule has 1 N–H and O–H groups in total. The number of urea groups is 1. The van der Waals surface area contributed by atoms with Gasteiger partial charge in [0.25, 0.3) is 0 Å². The van der Waals surface area contributed by atoms with Crippen molar-refractivity contribution in [2.24, 2.45) is 5.92 Å². The van der Waals surface area contributed by atoms with Crippen LogP contribution in [0, 0.1) is 5.92 Å². The number of hydrogen-bond acceptors (Lipinski definition) is 4. The fourth-order valence-electron chi connectivity index (χ4n) is 2.51. The van der Waals surface area contributed by atoms with E-state index in [2.05, 4.69) is 5.32 Å². The molecule has 0 bridgehead atoms. The number of carbonyl (C=O) groups excluding carboxylic acids is 1. The quantitative estimate of drug-likeness (QED) is 0.536. The van der Waals surface area contributed by atoms with Gasteiger partial charge in [0, 0.05) is 18.8 Å². The molecular weight excluding hydrogens is 435 g/mol. The van der Waals surface area contributed by atoms with E-state index in [9.17, 15) is 13.2 Å². The van der Waals surface area contributed by atoms with E-state index >= 15 is 0 Å². The van der Waals surface area contributed by atoms with Crippen molar-refractivity contribution in [3.8, 4) is 5.75 Å². The molecule has 29 heavy (non-hydrogen) atoms. The van der Waals surface area contributed by atoms with Gasteiger partial charge in [-0.25, -0.2) is 4.79 Å². The number of carbonyl (C=O) groups is 1. The molecule has 6 nitrogen and oxygen atoms in total. The van der Waals surface area contributed by atoms with E-state index in [1.165, 1.54) is 6.92 Å². The van der Waals surface area contributed by atoms with Crippen LogP contribution in [0.5, 0.6) is 5.75 Å². The highest BCUT2D eigenvalue weighted by molar-refractivity contribution is 7.87. The lowest BCUT2D eigenvalue weighted by atomic mass is 10.1. The fraction of sp³-hybridized carbons (Fsp3) is 0.350. The summed E-state index contributed by atoms with van der Waals surface area (Å²) in [5.74, 6) is 0.393. The highest BCUT2D eigenvalue weighted by Crippen LogP contribution is 2.25. The minimum atomic E-state index is -3.57. The van der Waals surface area contributed by atoms with Gasteiger partial charge in [0.1, 0.15) is 5.75 Å². The van der Waals surface area contributed by atoms with Crippen LogP contribution in [0.25, 0.3) is 0 Å². The van der Waals surface area contributed by atoms with Gasteiger partial charge in [0.05, 0.1) is 15.8 Å². The minimum absolute atomic E-state index is 0.105. The maximum absolute atomic E-state index is 12.8. The number of benzene rings is 2. The number of rotatable bonds is 8. The van der Waals surface area contributed by atoms with Gasteiger partial charge in [0.15, 0.2) is 0 Å².